The van der Waals surface area contributed by atoms with E-state index in [0.29, 0.717) is 0 Å². The number of nitrogens with zero attached hydrogens (tertiary/aromatic N) is 4. The molecule has 0 aliphatic heterocycles. The molecule has 0 spiro atoms. The van der Waals surface area contributed by atoms with E-state index in [-0.39, 0.29) is 0 Å². The molecule has 4 nitrogen and oxygen atoms in total. The summed E-state index contributed by atoms with van der Waals surface area (Å²) in [6, 6.07) is 3.79. The minimum atomic E-state index is 0.771. The summed E-state index contributed by atoms with van der Waals surface area (Å²) in [4.78, 5) is 8.21. The van der Waals surface area contributed by atoms with Crippen LogP contribution in [0.15, 0.2) is 36.9 Å². The van der Waals surface area contributed by atoms with Crippen molar-refractivity contribution in [2.24, 2.45) is 0 Å². The third-order valence-corrected chi connectivity index (χ3v) is 2.00. The van der Waals surface area contributed by atoms with Gasteiger partial charge in [-0.3, -0.25) is 4.98 Å². The lowest BCUT2D eigenvalue weighted by Gasteiger charge is -1.81. The van der Waals surface area contributed by atoms with Crippen LogP contribution in [0.3, 0.4) is 0 Å². The average molecular weight is 170 g/mol. The minimum absolute atomic E-state index is 0.771. The Labute approximate surface area is 73.9 Å². The molecule has 3 heterocycles. The Morgan fingerprint density at radius 2 is 2.23 bits per heavy atom. The molecule has 0 aliphatic carbocycles. The molecule has 0 aromatic carbocycles. The molecule has 0 aliphatic rings. The molecule has 0 radical (unpaired) electrons. The van der Waals surface area contributed by atoms with Gasteiger partial charge in [-0.25, -0.2) is 9.50 Å². The molecule has 0 amide bonds. The molecule has 4 heteroatoms. The van der Waals surface area contributed by atoms with Gasteiger partial charge in [-0.15, -0.1) is 5.10 Å². The van der Waals surface area contributed by atoms with E-state index in [0.717, 1.165) is 16.6 Å². The molecule has 0 bridgehead atoms. The van der Waals surface area contributed by atoms with Gasteiger partial charge in [0.15, 0.2) is 5.65 Å². The highest BCUT2D eigenvalue weighted by molar-refractivity contribution is 5.91. The summed E-state index contributed by atoms with van der Waals surface area (Å²) in [6.45, 7) is 0. The van der Waals surface area contributed by atoms with Crippen molar-refractivity contribution in [2.45, 2.75) is 0 Å². The van der Waals surface area contributed by atoms with Crippen LogP contribution in [0.25, 0.3) is 16.6 Å². The largest absolute Gasteiger partial charge is 0.262 e. The van der Waals surface area contributed by atoms with E-state index in [2.05, 4.69) is 15.1 Å². The van der Waals surface area contributed by atoms with Crippen LogP contribution in [0.2, 0.25) is 0 Å². The Bertz CT molecular complexity index is 570. The smallest absolute Gasteiger partial charge is 0.182 e. The average Bonchev–Trinajstić information content (AvgIpc) is 2.61. The van der Waals surface area contributed by atoms with E-state index < -0.39 is 0 Å². The molecule has 13 heavy (non-hydrogen) atoms. The summed E-state index contributed by atoms with van der Waals surface area (Å²) in [5, 5.41) is 5.33. The number of hydrogen-bond donors (Lipinski definition) is 0. The first kappa shape index (κ1) is 6.54. The van der Waals surface area contributed by atoms with Gasteiger partial charge in [0, 0.05) is 24.0 Å². The highest BCUT2D eigenvalue weighted by Gasteiger charge is 2.03. The van der Waals surface area contributed by atoms with Crippen LogP contribution < -0.4 is 0 Å². The maximum absolute atomic E-state index is 4.28. The number of fused-ring (bicyclic) bond motifs is 3. The first-order valence-electron chi connectivity index (χ1n) is 3.98. The molecule has 0 N–H and O–H groups in total. The lowest BCUT2D eigenvalue weighted by Crippen LogP contribution is -1.80. The Balaban J connectivity index is 2.65. The van der Waals surface area contributed by atoms with Crippen molar-refractivity contribution in [3.05, 3.63) is 36.9 Å². The molecule has 62 valence electrons. The van der Waals surface area contributed by atoms with E-state index in [4.69, 9.17) is 0 Å². The second-order valence-corrected chi connectivity index (χ2v) is 2.78. The van der Waals surface area contributed by atoms with Crippen LogP contribution in [-0.2, 0) is 0 Å². The molecule has 0 saturated carbocycles. The fourth-order valence-electron chi connectivity index (χ4n) is 1.41. The SMILES string of the molecule is c1cncc2c3ccnc3nn2c1. The van der Waals surface area contributed by atoms with Crippen LogP contribution in [0.1, 0.15) is 0 Å². The van der Waals surface area contributed by atoms with Crippen molar-refractivity contribution in [1.29, 1.82) is 0 Å². The van der Waals surface area contributed by atoms with Crippen molar-refractivity contribution < 1.29 is 0 Å². The van der Waals surface area contributed by atoms with Gasteiger partial charge in [-0.2, -0.15) is 0 Å². The third kappa shape index (κ3) is 0.823. The van der Waals surface area contributed by atoms with Gasteiger partial charge in [0.05, 0.1) is 11.7 Å². The zero-order chi connectivity index (χ0) is 8.67. The quantitative estimate of drug-likeness (QED) is 0.510. The Morgan fingerprint density at radius 1 is 1.23 bits per heavy atom. The first-order valence-corrected chi connectivity index (χ1v) is 3.98. The molecule has 3 aromatic heterocycles. The summed E-state index contributed by atoms with van der Waals surface area (Å²) < 4.78 is 1.78. The van der Waals surface area contributed by atoms with Crippen molar-refractivity contribution >= 4 is 16.6 Å². The van der Waals surface area contributed by atoms with Gasteiger partial charge in [0.1, 0.15) is 0 Å². The maximum atomic E-state index is 4.28. The monoisotopic (exact) mass is 170 g/mol. The van der Waals surface area contributed by atoms with Crippen LogP contribution >= 0.6 is 0 Å². The van der Waals surface area contributed by atoms with E-state index >= 15 is 0 Å². The van der Waals surface area contributed by atoms with E-state index in [9.17, 15) is 0 Å². The number of aromatic nitrogens is 4. The molecule has 0 saturated heterocycles. The second-order valence-electron chi connectivity index (χ2n) is 2.78. The van der Waals surface area contributed by atoms with Gasteiger partial charge >= 0.3 is 0 Å². The lowest BCUT2D eigenvalue weighted by atomic mass is 10.4. The highest BCUT2D eigenvalue weighted by atomic mass is 15.2. The van der Waals surface area contributed by atoms with Crippen molar-refractivity contribution in [3.63, 3.8) is 0 Å². The zero-order valence-corrected chi connectivity index (χ0v) is 6.75. The lowest BCUT2D eigenvalue weighted by molar-refractivity contribution is 0.976. The van der Waals surface area contributed by atoms with Gasteiger partial charge in [0.2, 0.25) is 0 Å². The number of hydrogen-bond acceptors (Lipinski definition) is 3. The van der Waals surface area contributed by atoms with Gasteiger partial charge < -0.3 is 0 Å². The van der Waals surface area contributed by atoms with Crippen LogP contribution in [0.4, 0.5) is 0 Å². The maximum Gasteiger partial charge on any atom is 0.182 e. The summed E-state index contributed by atoms with van der Waals surface area (Å²) >= 11 is 0. The van der Waals surface area contributed by atoms with E-state index in [1.54, 1.807) is 23.1 Å². The van der Waals surface area contributed by atoms with Crippen molar-refractivity contribution in [3.8, 4) is 0 Å². The van der Waals surface area contributed by atoms with E-state index in [1.807, 2.05) is 18.3 Å². The summed E-state index contributed by atoms with van der Waals surface area (Å²) in [6.07, 6.45) is 7.14. The van der Waals surface area contributed by atoms with Gasteiger partial charge in [-0.1, -0.05) is 0 Å². The van der Waals surface area contributed by atoms with E-state index in [1.165, 1.54) is 0 Å². The summed E-state index contributed by atoms with van der Waals surface area (Å²) in [5.41, 5.74) is 1.76. The second kappa shape index (κ2) is 2.26. The van der Waals surface area contributed by atoms with Crippen LogP contribution in [0.5, 0.6) is 0 Å². The van der Waals surface area contributed by atoms with Crippen LogP contribution in [-0.4, -0.2) is 19.6 Å². The van der Waals surface area contributed by atoms with Gasteiger partial charge in [-0.05, 0) is 12.1 Å². The Kier molecular flexibility index (Phi) is 1.14. The van der Waals surface area contributed by atoms with Crippen molar-refractivity contribution in [1.82, 2.24) is 19.6 Å². The fraction of sp³-hybridized carbons (Fsp3) is 0. The molecule has 0 atom stereocenters. The topological polar surface area (TPSA) is 43.1 Å². The third-order valence-electron chi connectivity index (χ3n) is 2.00. The first-order chi connectivity index (χ1) is 6.45. The summed E-state index contributed by atoms with van der Waals surface area (Å²) in [7, 11) is 0. The highest BCUT2D eigenvalue weighted by Crippen LogP contribution is 2.15. The molecular weight excluding hydrogens is 164 g/mol. The normalized spacial score (nSPS) is 11.1. The van der Waals surface area contributed by atoms with Gasteiger partial charge in [0.25, 0.3) is 0 Å². The predicted molar refractivity (Wildman–Crippen MR) is 48.3 cm³/mol. The molecule has 0 unspecified atom stereocenters. The summed E-state index contributed by atoms with van der Waals surface area (Å²) in [5.74, 6) is 0. The fourth-order valence-corrected chi connectivity index (χ4v) is 1.41. The standard InChI is InChI=1S/C9H6N4/c1-3-10-6-8-7-2-4-11-9(7)12-13(8)5-1/h1-6H. The Morgan fingerprint density at radius 3 is 3.23 bits per heavy atom. The Hall–Kier alpha value is -1.97. The minimum Gasteiger partial charge on any atom is -0.262 e. The molecule has 3 rings (SSSR count). The van der Waals surface area contributed by atoms with Crippen molar-refractivity contribution in [2.75, 3.05) is 0 Å². The molecule has 0 fully saturated rings. The number of rotatable bonds is 0. The van der Waals surface area contributed by atoms with Crippen LogP contribution in [0, 0.1) is 0 Å². The zero-order valence-electron chi connectivity index (χ0n) is 6.75. The predicted octanol–water partition coefficient (Wildman–Crippen LogP) is 1.28. The molecule has 3 aromatic rings. The molecular formula is C9H6N4.